The van der Waals surface area contributed by atoms with Gasteiger partial charge in [-0.15, -0.1) is 0 Å². The maximum atomic E-state index is 12.5. The summed E-state index contributed by atoms with van der Waals surface area (Å²) in [5.74, 6) is 1.19. The van der Waals surface area contributed by atoms with Gasteiger partial charge in [-0.2, -0.15) is 0 Å². The Bertz CT molecular complexity index is 578. The Morgan fingerprint density at radius 2 is 1.85 bits per heavy atom. The Morgan fingerprint density at radius 3 is 2.40 bits per heavy atom. The lowest BCUT2D eigenvalue weighted by Crippen LogP contribution is -2.46. The summed E-state index contributed by atoms with van der Waals surface area (Å²) in [5.41, 5.74) is 0. The van der Waals surface area contributed by atoms with Crippen LogP contribution >= 0.6 is 0 Å². The summed E-state index contributed by atoms with van der Waals surface area (Å²) in [4.78, 5) is 18.4. The SMILES string of the molecule is CC(C)c1nccn1[C@H](C)C(=O)N1CCS(=O)(=O)CC1. The van der Waals surface area contributed by atoms with Crippen LogP contribution in [0.1, 0.15) is 38.6 Å². The van der Waals surface area contributed by atoms with Gasteiger partial charge in [-0.1, -0.05) is 13.8 Å². The van der Waals surface area contributed by atoms with Gasteiger partial charge < -0.3 is 9.47 Å². The standard InChI is InChI=1S/C13H21N3O3S/c1-10(2)12-14-4-5-16(12)11(3)13(17)15-6-8-20(18,19)9-7-15/h4-5,10-11H,6-9H2,1-3H3/t11-/m1/s1. The third-order valence-corrected chi connectivity index (χ3v) is 5.25. The molecule has 0 aliphatic carbocycles. The first kappa shape index (κ1) is 15.0. The zero-order valence-electron chi connectivity index (χ0n) is 12.1. The Kier molecular flexibility index (Phi) is 4.17. The number of rotatable bonds is 3. The summed E-state index contributed by atoms with van der Waals surface area (Å²) in [6, 6.07) is -0.351. The van der Waals surface area contributed by atoms with E-state index in [0.29, 0.717) is 0 Å². The van der Waals surface area contributed by atoms with Crippen LogP contribution in [0.3, 0.4) is 0 Å². The molecular weight excluding hydrogens is 278 g/mol. The van der Waals surface area contributed by atoms with Gasteiger partial charge in [0.2, 0.25) is 5.91 Å². The second-order valence-electron chi connectivity index (χ2n) is 5.50. The van der Waals surface area contributed by atoms with Crippen LogP contribution in [0.25, 0.3) is 0 Å². The summed E-state index contributed by atoms with van der Waals surface area (Å²) in [5, 5.41) is 0. The maximum absolute atomic E-state index is 12.5. The quantitative estimate of drug-likeness (QED) is 0.828. The van der Waals surface area contributed by atoms with E-state index in [1.165, 1.54) is 0 Å². The van der Waals surface area contributed by atoms with Gasteiger partial charge in [0.05, 0.1) is 11.5 Å². The average molecular weight is 299 g/mol. The molecule has 7 heteroatoms. The molecule has 1 aliphatic heterocycles. The Labute approximate surface area is 119 Å². The van der Waals surface area contributed by atoms with Crippen LogP contribution in [-0.2, 0) is 14.6 Å². The van der Waals surface area contributed by atoms with Crippen molar-refractivity contribution in [2.24, 2.45) is 0 Å². The molecule has 0 aromatic carbocycles. The third-order valence-electron chi connectivity index (χ3n) is 3.65. The largest absolute Gasteiger partial charge is 0.339 e. The lowest BCUT2D eigenvalue weighted by Gasteiger charge is -2.30. The lowest BCUT2D eigenvalue weighted by molar-refractivity contribution is -0.134. The first-order chi connectivity index (χ1) is 9.32. The summed E-state index contributed by atoms with van der Waals surface area (Å²) in [6.07, 6.45) is 3.50. The molecular formula is C13H21N3O3S. The van der Waals surface area contributed by atoms with E-state index < -0.39 is 9.84 Å². The van der Waals surface area contributed by atoms with Gasteiger partial charge in [0.25, 0.3) is 0 Å². The number of sulfone groups is 1. The van der Waals surface area contributed by atoms with E-state index in [0.717, 1.165) is 5.82 Å². The molecule has 0 radical (unpaired) electrons. The van der Waals surface area contributed by atoms with Crippen LogP contribution < -0.4 is 0 Å². The molecule has 2 rings (SSSR count). The summed E-state index contributed by atoms with van der Waals surface area (Å²) in [7, 11) is -2.96. The summed E-state index contributed by atoms with van der Waals surface area (Å²) >= 11 is 0. The van der Waals surface area contributed by atoms with E-state index in [1.54, 1.807) is 17.3 Å². The molecule has 0 spiro atoms. The molecule has 0 bridgehead atoms. The zero-order valence-corrected chi connectivity index (χ0v) is 12.9. The summed E-state index contributed by atoms with van der Waals surface area (Å²) in [6.45, 7) is 6.47. The Hall–Kier alpha value is -1.37. The van der Waals surface area contributed by atoms with E-state index in [9.17, 15) is 13.2 Å². The highest BCUT2D eigenvalue weighted by atomic mass is 32.2. The maximum Gasteiger partial charge on any atom is 0.245 e. The minimum Gasteiger partial charge on any atom is -0.339 e. The van der Waals surface area contributed by atoms with Crippen molar-refractivity contribution in [2.45, 2.75) is 32.7 Å². The highest BCUT2D eigenvalue weighted by Gasteiger charge is 2.29. The van der Waals surface area contributed by atoms with Crippen LogP contribution in [0.15, 0.2) is 12.4 Å². The van der Waals surface area contributed by atoms with Gasteiger partial charge in [0.15, 0.2) is 9.84 Å². The summed E-state index contributed by atoms with van der Waals surface area (Å²) < 4.78 is 24.7. The highest BCUT2D eigenvalue weighted by Crippen LogP contribution is 2.19. The molecule has 1 atom stereocenters. The number of nitrogens with zero attached hydrogens (tertiary/aromatic N) is 3. The second-order valence-corrected chi connectivity index (χ2v) is 7.80. The fourth-order valence-corrected chi connectivity index (χ4v) is 3.62. The van der Waals surface area contributed by atoms with Gasteiger partial charge in [-0.25, -0.2) is 13.4 Å². The molecule has 0 unspecified atom stereocenters. The van der Waals surface area contributed by atoms with Crippen molar-refractivity contribution in [1.82, 2.24) is 14.5 Å². The average Bonchev–Trinajstić information content (AvgIpc) is 2.86. The van der Waals surface area contributed by atoms with Crippen LogP contribution in [-0.4, -0.2) is 53.4 Å². The van der Waals surface area contributed by atoms with Crippen LogP contribution in [0.5, 0.6) is 0 Å². The van der Waals surface area contributed by atoms with Gasteiger partial charge in [-0.05, 0) is 6.92 Å². The predicted octanol–water partition coefficient (Wildman–Crippen LogP) is 0.825. The van der Waals surface area contributed by atoms with E-state index in [1.807, 2.05) is 25.3 Å². The zero-order chi connectivity index (χ0) is 14.9. The first-order valence-corrected chi connectivity index (χ1v) is 8.66. The topological polar surface area (TPSA) is 72.3 Å². The number of hydrogen-bond acceptors (Lipinski definition) is 4. The number of carbonyl (C=O) groups is 1. The number of hydrogen-bond donors (Lipinski definition) is 0. The van der Waals surface area contributed by atoms with Gasteiger partial charge in [0.1, 0.15) is 11.9 Å². The van der Waals surface area contributed by atoms with Crippen molar-refractivity contribution in [2.75, 3.05) is 24.6 Å². The minimum atomic E-state index is -2.96. The van der Waals surface area contributed by atoms with Gasteiger partial charge >= 0.3 is 0 Å². The van der Waals surface area contributed by atoms with E-state index >= 15 is 0 Å². The smallest absolute Gasteiger partial charge is 0.245 e. The number of imidazole rings is 1. The van der Waals surface area contributed by atoms with Crippen LogP contribution in [0.4, 0.5) is 0 Å². The van der Waals surface area contributed by atoms with Crippen LogP contribution in [0, 0.1) is 0 Å². The van der Waals surface area contributed by atoms with E-state index in [-0.39, 0.29) is 42.5 Å². The number of carbonyl (C=O) groups excluding carboxylic acids is 1. The molecule has 6 nitrogen and oxygen atoms in total. The molecule has 112 valence electrons. The molecule has 1 fully saturated rings. The number of amides is 1. The number of aromatic nitrogens is 2. The van der Waals surface area contributed by atoms with Crippen molar-refractivity contribution in [3.63, 3.8) is 0 Å². The first-order valence-electron chi connectivity index (χ1n) is 6.84. The normalized spacial score (nSPS) is 20.1. The molecule has 1 aromatic heterocycles. The van der Waals surface area contributed by atoms with Crippen molar-refractivity contribution < 1.29 is 13.2 Å². The highest BCUT2D eigenvalue weighted by molar-refractivity contribution is 7.91. The molecule has 1 aliphatic rings. The van der Waals surface area contributed by atoms with E-state index in [2.05, 4.69) is 4.98 Å². The molecule has 2 heterocycles. The molecule has 1 saturated heterocycles. The predicted molar refractivity (Wildman–Crippen MR) is 76.3 cm³/mol. The lowest BCUT2D eigenvalue weighted by atomic mass is 10.2. The van der Waals surface area contributed by atoms with Gasteiger partial charge in [-0.3, -0.25) is 4.79 Å². The van der Waals surface area contributed by atoms with Gasteiger partial charge in [0, 0.05) is 31.4 Å². The minimum absolute atomic E-state index is 0.0419. The van der Waals surface area contributed by atoms with Crippen molar-refractivity contribution in [3.05, 3.63) is 18.2 Å². The Morgan fingerprint density at radius 1 is 1.25 bits per heavy atom. The molecule has 0 saturated carbocycles. The second kappa shape index (κ2) is 5.55. The molecule has 20 heavy (non-hydrogen) atoms. The molecule has 0 N–H and O–H groups in total. The van der Waals surface area contributed by atoms with Crippen LogP contribution in [0.2, 0.25) is 0 Å². The van der Waals surface area contributed by atoms with Crippen molar-refractivity contribution >= 4 is 15.7 Å². The van der Waals surface area contributed by atoms with Crippen molar-refractivity contribution in [1.29, 1.82) is 0 Å². The van der Waals surface area contributed by atoms with E-state index in [4.69, 9.17) is 0 Å². The fraction of sp³-hybridized carbons (Fsp3) is 0.692. The monoisotopic (exact) mass is 299 g/mol. The van der Waals surface area contributed by atoms with Crippen molar-refractivity contribution in [3.8, 4) is 0 Å². The molecule has 1 aromatic rings. The Balaban J connectivity index is 2.11. The third kappa shape index (κ3) is 3.03. The molecule has 1 amide bonds. The fourth-order valence-electron chi connectivity index (χ4n) is 2.42.